The van der Waals surface area contributed by atoms with Crippen molar-refractivity contribution in [2.24, 2.45) is 0 Å². The highest BCUT2D eigenvalue weighted by atomic mass is 16.6. The number of methoxy groups -OCH3 is 1. The van der Waals surface area contributed by atoms with Gasteiger partial charge >= 0.3 is 5.97 Å². The van der Waals surface area contributed by atoms with Crippen molar-refractivity contribution in [2.45, 2.75) is 5.60 Å². The number of carbonyl (C=O) groups excluding carboxylic acids is 1. The maximum Gasteiger partial charge on any atom is 0.340 e. The summed E-state index contributed by atoms with van der Waals surface area (Å²) in [5.74, 6) is 0.408. The molecule has 0 radical (unpaired) electrons. The molecule has 0 unspecified atom stereocenters. The molecule has 0 aliphatic carbocycles. The lowest BCUT2D eigenvalue weighted by Gasteiger charge is -2.36. The van der Waals surface area contributed by atoms with E-state index in [1.165, 1.54) is 24.3 Å². The topological polar surface area (TPSA) is 85.2 Å². The third-order valence-corrected chi connectivity index (χ3v) is 4.68. The second kappa shape index (κ2) is 6.58. The molecule has 0 saturated heterocycles. The van der Waals surface area contributed by atoms with E-state index in [0.29, 0.717) is 33.8 Å². The summed E-state index contributed by atoms with van der Waals surface area (Å²) in [6.07, 6.45) is 0. The summed E-state index contributed by atoms with van der Waals surface area (Å²) in [6, 6.07) is 16.6. The summed E-state index contributed by atoms with van der Waals surface area (Å²) >= 11 is 0. The molecule has 0 saturated carbocycles. The van der Waals surface area contributed by atoms with Crippen molar-refractivity contribution in [1.82, 2.24) is 0 Å². The molecule has 5 rings (SSSR count). The summed E-state index contributed by atoms with van der Waals surface area (Å²) in [4.78, 5) is 12.5. The number of fused-ring (bicyclic) bond motifs is 6. The van der Waals surface area contributed by atoms with Gasteiger partial charge in [0.25, 0.3) is 0 Å². The van der Waals surface area contributed by atoms with E-state index >= 15 is 0 Å². The van der Waals surface area contributed by atoms with Crippen molar-refractivity contribution in [3.63, 3.8) is 0 Å². The SMILES string of the molecule is COC.O=C1OC2(c3ccc(O)cc3Oc3cc(O)ccc32)c2ccccc21. The van der Waals surface area contributed by atoms with Crippen LogP contribution in [0.15, 0.2) is 60.7 Å². The van der Waals surface area contributed by atoms with Crippen LogP contribution in [0.25, 0.3) is 0 Å². The molecule has 2 aliphatic rings. The third kappa shape index (κ3) is 2.50. The van der Waals surface area contributed by atoms with Gasteiger partial charge in [0.2, 0.25) is 0 Å². The Morgan fingerprint density at radius 1 is 0.821 bits per heavy atom. The minimum Gasteiger partial charge on any atom is -0.508 e. The average molecular weight is 378 g/mol. The Balaban J connectivity index is 0.000000604. The number of rotatable bonds is 0. The zero-order valence-electron chi connectivity index (χ0n) is 15.3. The molecule has 142 valence electrons. The fraction of sp³-hybridized carbons (Fsp3) is 0.136. The number of ether oxygens (including phenoxy) is 3. The monoisotopic (exact) mass is 378 g/mol. The highest BCUT2D eigenvalue weighted by Crippen LogP contribution is 2.56. The average Bonchev–Trinajstić information content (AvgIpc) is 2.96. The van der Waals surface area contributed by atoms with Gasteiger partial charge < -0.3 is 24.4 Å². The van der Waals surface area contributed by atoms with Gasteiger partial charge in [0.05, 0.1) is 5.56 Å². The van der Waals surface area contributed by atoms with E-state index in [1.54, 1.807) is 38.5 Å². The summed E-state index contributed by atoms with van der Waals surface area (Å²) in [5.41, 5.74) is 1.28. The number of carbonyl (C=O) groups is 1. The van der Waals surface area contributed by atoms with E-state index in [2.05, 4.69) is 4.74 Å². The second-order valence-electron chi connectivity index (χ2n) is 6.49. The van der Waals surface area contributed by atoms with Crippen molar-refractivity contribution in [2.75, 3.05) is 14.2 Å². The lowest BCUT2D eigenvalue weighted by atomic mass is 9.77. The Labute approximate surface area is 161 Å². The van der Waals surface area contributed by atoms with Crippen molar-refractivity contribution in [3.05, 3.63) is 82.9 Å². The van der Waals surface area contributed by atoms with E-state index in [-0.39, 0.29) is 11.5 Å². The normalized spacial score (nSPS) is 14.7. The van der Waals surface area contributed by atoms with Gasteiger partial charge in [-0.2, -0.15) is 0 Å². The minimum absolute atomic E-state index is 0.0371. The minimum atomic E-state index is -1.17. The maximum atomic E-state index is 12.5. The van der Waals surface area contributed by atoms with Gasteiger partial charge in [-0.05, 0) is 30.3 Å². The number of hydrogen-bond donors (Lipinski definition) is 2. The van der Waals surface area contributed by atoms with Gasteiger partial charge in [-0.15, -0.1) is 0 Å². The molecular formula is C22H18O6. The van der Waals surface area contributed by atoms with E-state index in [4.69, 9.17) is 9.47 Å². The van der Waals surface area contributed by atoms with Crippen LogP contribution in [-0.2, 0) is 15.1 Å². The van der Waals surface area contributed by atoms with Crippen molar-refractivity contribution < 1.29 is 29.2 Å². The van der Waals surface area contributed by atoms with E-state index in [0.717, 1.165) is 0 Å². The van der Waals surface area contributed by atoms with Gasteiger partial charge in [-0.3, -0.25) is 0 Å². The molecule has 0 atom stereocenters. The standard InChI is InChI=1S/C20H12O5.C2H6O/c21-11-5-7-15-17(9-11)24-18-10-12(22)6-8-16(18)20(15)14-4-2-1-3-13(14)19(23)25-20;1-3-2/h1-10,21-22H;1-2H3. The summed E-state index contributed by atoms with van der Waals surface area (Å²) in [7, 11) is 3.25. The smallest absolute Gasteiger partial charge is 0.340 e. The van der Waals surface area contributed by atoms with Crippen LogP contribution in [0.1, 0.15) is 27.0 Å². The first-order chi connectivity index (χ1) is 13.5. The molecule has 0 bridgehead atoms. The van der Waals surface area contributed by atoms with Crippen LogP contribution in [0, 0.1) is 0 Å². The van der Waals surface area contributed by atoms with Gasteiger partial charge in [-0.25, -0.2) is 4.79 Å². The summed E-state index contributed by atoms with van der Waals surface area (Å²) < 4.78 is 16.0. The first-order valence-corrected chi connectivity index (χ1v) is 8.59. The zero-order valence-corrected chi connectivity index (χ0v) is 15.3. The number of phenols is 2. The molecule has 2 N–H and O–H groups in total. The predicted octanol–water partition coefficient (Wildman–Crippen LogP) is 3.93. The molecule has 0 fully saturated rings. The first kappa shape index (κ1) is 17.9. The maximum absolute atomic E-state index is 12.5. The molecular weight excluding hydrogens is 360 g/mol. The first-order valence-electron chi connectivity index (χ1n) is 8.59. The van der Waals surface area contributed by atoms with E-state index < -0.39 is 11.6 Å². The highest BCUT2D eigenvalue weighted by molar-refractivity contribution is 5.97. The van der Waals surface area contributed by atoms with Crippen molar-refractivity contribution in [1.29, 1.82) is 0 Å². The lowest BCUT2D eigenvalue weighted by molar-refractivity contribution is 0.0224. The van der Waals surface area contributed by atoms with Crippen LogP contribution in [0.2, 0.25) is 0 Å². The van der Waals surface area contributed by atoms with Crippen LogP contribution in [-0.4, -0.2) is 30.4 Å². The molecule has 28 heavy (non-hydrogen) atoms. The zero-order chi connectivity index (χ0) is 19.9. The summed E-state index contributed by atoms with van der Waals surface area (Å²) in [5, 5.41) is 19.7. The Bertz CT molecular complexity index is 1020. The number of benzene rings is 3. The second-order valence-corrected chi connectivity index (χ2v) is 6.49. The van der Waals surface area contributed by atoms with Gasteiger partial charge in [0.1, 0.15) is 23.0 Å². The van der Waals surface area contributed by atoms with Crippen molar-refractivity contribution >= 4 is 5.97 Å². The quantitative estimate of drug-likeness (QED) is 0.577. The lowest BCUT2D eigenvalue weighted by Crippen LogP contribution is -2.32. The molecule has 1 spiro atoms. The third-order valence-electron chi connectivity index (χ3n) is 4.68. The number of hydrogen-bond acceptors (Lipinski definition) is 6. The van der Waals surface area contributed by atoms with Crippen LogP contribution >= 0.6 is 0 Å². The predicted molar refractivity (Wildman–Crippen MR) is 101 cm³/mol. The number of phenolic OH excluding ortho intramolecular Hbond substituents is 2. The van der Waals surface area contributed by atoms with Gasteiger partial charge in [-0.1, -0.05) is 18.2 Å². The number of aromatic hydroxyl groups is 2. The largest absolute Gasteiger partial charge is 0.508 e. The van der Waals surface area contributed by atoms with Crippen LogP contribution in [0.5, 0.6) is 23.0 Å². The van der Waals surface area contributed by atoms with Crippen molar-refractivity contribution in [3.8, 4) is 23.0 Å². The Hall–Kier alpha value is -3.51. The Morgan fingerprint density at radius 3 is 1.93 bits per heavy atom. The molecule has 3 aromatic carbocycles. The molecule has 0 aromatic heterocycles. The fourth-order valence-corrected chi connectivity index (χ4v) is 3.65. The van der Waals surface area contributed by atoms with Gasteiger partial charge in [0.15, 0.2) is 5.60 Å². The van der Waals surface area contributed by atoms with Crippen LogP contribution in [0.4, 0.5) is 0 Å². The van der Waals surface area contributed by atoms with Crippen LogP contribution < -0.4 is 4.74 Å². The molecule has 3 aromatic rings. The fourth-order valence-electron chi connectivity index (χ4n) is 3.65. The molecule has 6 nitrogen and oxygen atoms in total. The molecule has 2 aliphatic heterocycles. The van der Waals surface area contributed by atoms with E-state index in [9.17, 15) is 15.0 Å². The highest BCUT2D eigenvalue weighted by Gasteiger charge is 2.53. The van der Waals surface area contributed by atoms with Crippen LogP contribution in [0.3, 0.4) is 0 Å². The van der Waals surface area contributed by atoms with E-state index in [1.807, 2.05) is 12.1 Å². The number of esters is 1. The molecule has 0 amide bonds. The molecule has 2 heterocycles. The Kier molecular flexibility index (Phi) is 4.20. The summed E-state index contributed by atoms with van der Waals surface area (Å²) in [6.45, 7) is 0. The molecule has 6 heteroatoms. The Morgan fingerprint density at radius 2 is 1.36 bits per heavy atom. The van der Waals surface area contributed by atoms with Gasteiger partial charge in [0, 0.05) is 43.0 Å².